The molecule has 1 fully saturated rings. The molecule has 1 atom stereocenters. The third kappa shape index (κ3) is 6.44. The molecule has 0 aromatic carbocycles. The monoisotopic (exact) mass is 231 g/mol. The Hall–Kier alpha value is 0.270. The third-order valence-corrected chi connectivity index (χ3v) is 3.86. The maximum Gasteiger partial charge on any atom is 0.0667 e. The highest BCUT2D eigenvalue weighted by atomic mass is 32.2. The summed E-state index contributed by atoms with van der Waals surface area (Å²) in [6.07, 6.45) is 9.65. The number of aliphatic hydroxyl groups is 1. The van der Waals surface area contributed by atoms with Crippen molar-refractivity contribution in [2.45, 2.75) is 44.6 Å². The fourth-order valence-electron chi connectivity index (χ4n) is 2.32. The summed E-state index contributed by atoms with van der Waals surface area (Å²) in [5.74, 6) is 2.01. The van der Waals surface area contributed by atoms with Crippen LogP contribution in [0, 0.1) is 5.92 Å². The molecule has 2 N–H and O–H groups in total. The molecular weight excluding hydrogens is 206 g/mol. The summed E-state index contributed by atoms with van der Waals surface area (Å²) in [5, 5.41) is 13.1. The van der Waals surface area contributed by atoms with Gasteiger partial charge in [0.2, 0.25) is 0 Å². The average molecular weight is 231 g/mol. The van der Waals surface area contributed by atoms with Gasteiger partial charge in [0, 0.05) is 6.54 Å². The predicted molar refractivity (Wildman–Crippen MR) is 68.5 cm³/mol. The topological polar surface area (TPSA) is 32.3 Å². The van der Waals surface area contributed by atoms with Crippen molar-refractivity contribution in [2.24, 2.45) is 5.92 Å². The normalized spacial score (nSPS) is 19.6. The molecule has 90 valence electrons. The van der Waals surface area contributed by atoms with Gasteiger partial charge in [0.1, 0.15) is 0 Å². The van der Waals surface area contributed by atoms with Crippen LogP contribution in [-0.4, -0.2) is 36.3 Å². The van der Waals surface area contributed by atoms with Crippen LogP contribution in [0.1, 0.15) is 38.5 Å². The van der Waals surface area contributed by atoms with E-state index < -0.39 is 0 Å². The van der Waals surface area contributed by atoms with Gasteiger partial charge in [-0.1, -0.05) is 25.7 Å². The molecule has 0 aromatic rings. The van der Waals surface area contributed by atoms with Gasteiger partial charge in [-0.2, -0.15) is 11.8 Å². The SMILES string of the molecule is CSCCCNCC(O)CC1CCCC1. The van der Waals surface area contributed by atoms with Crippen molar-refractivity contribution in [3.8, 4) is 0 Å². The Kier molecular flexibility index (Phi) is 7.49. The lowest BCUT2D eigenvalue weighted by atomic mass is 10.0. The van der Waals surface area contributed by atoms with Crippen LogP contribution < -0.4 is 5.32 Å². The van der Waals surface area contributed by atoms with E-state index in [9.17, 15) is 5.11 Å². The fourth-order valence-corrected chi connectivity index (χ4v) is 2.76. The summed E-state index contributed by atoms with van der Waals surface area (Å²) < 4.78 is 0. The molecule has 1 rings (SSSR count). The largest absolute Gasteiger partial charge is 0.392 e. The molecule has 0 saturated heterocycles. The first-order valence-corrected chi connectivity index (χ1v) is 7.60. The molecule has 1 aliphatic carbocycles. The number of hydrogen-bond acceptors (Lipinski definition) is 3. The van der Waals surface area contributed by atoms with Crippen LogP contribution >= 0.6 is 11.8 Å². The summed E-state index contributed by atoms with van der Waals surface area (Å²) in [7, 11) is 0. The van der Waals surface area contributed by atoms with Crippen LogP contribution in [0.2, 0.25) is 0 Å². The maximum absolute atomic E-state index is 9.80. The van der Waals surface area contributed by atoms with Crippen molar-refractivity contribution in [3.63, 3.8) is 0 Å². The molecule has 2 nitrogen and oxygen atoms in total. The summed E-state index contributed by atoms with van der Waals surface area (Å²) in [5.41, 5.74) is 0. The Bertz CT molecular complexity index is 149. The van der Waals surface area contributed by atoms with Crippen LogP contribution in [0.4, 0.5) is 0 Å². The summed E-state index contributed by atoms with van der Waals surface area (Å²) >= 11 is 1.88. The fraction of sp³-hybridized carbons (Fsp3) is 1.00. The van der Waals surface area contributed by atoms with Gasteiger partial charge in [-0.3, -0.25) is 0 Å². The first-order chi connectivity index (χ1) is 7.33. The smallest absolute Gasteiger partial charge is 0.0667 e. The first kappa shape index (κ1) is 13.3. The van der Waals surface area contributed by atoms with E-state index >= 15 is 0 Å². The van der Waals surface area contributed by atoms with E-state index in [1.54, 1.807) is 0 Å². The van der Waals surface area contributed by atoms with Crippen LogP contribution in [-0.2, 0) is 0 Å². The quantitative estimate of drug-likeness (QED) is 0.629. The van der Waals surface area contributed by atoms with Gasteiger partial charge in [0.15, 0.2) is 0 Å². The Labute approximate surface area is 98.2 Å². The van der Waals surface area contributed by atoms with E-state index in [1.165, 1.54) is 37.9 Å². The molecule has 0 aliphatic heterocycles. The summed E-state index contributed by atoms with van der Waals surface area (Å²) in [4.78, 5) is 0. The summed E-state index contributed by atoms with van der Waals surface area (Å²) in [6, 6.07) is 0. The molecule has 1 saturated carbocycles. The van der Waals surface area contributed by atoms with E-state index in [2.05, 4.69) is 11.6 Å². The van der Waals surface area contributed by atoms with Crippen molar-refractivity contribution in [2.75, 3.05) is 25.1 Å². The van der Waals surface area contributed by atoms with Gasteiger partial charge in [-0.25, -0.2) is 0 Å². The number of nitrogens with one attached hydrogen (secondary N) is 1. The highest BCUT2D eigenvalue weighted by Gasteiger charge is 2.18. The Morgan fingerprint density at radius 3 is 2.80 bits per heavy atom. The molecule has 0 radical (unpaired) electrons. The second-order valence-corrected chi connectivity index (χ2v) is 5.58. The number of thioether (sulfide) groups is 1. The van der Waals surface area contributed by atoms with Crippen molar-refractivity contribution >= 4 is 11.8 Å². The lowest BCUT2D eigenvalue weighted by Gasteiger charge is -2.15. The molecule has 3 heteroatoms. The van der Waals surface area contributed by atoms with E-state index in [-0.39, 0.29) is 6.10 Å². The van der Waals surface area contributed by atoms with Gasteiger partial charge >= 0.3 is 0 Å². The highest BCUT2D eigenvalue weighted by Crippen LogP contribution is 2.28. The second-order valence-electron chi connectivity index (χ2n) is 4.59. The first-order valence-electron chi connectivity index (χ1n) is 6.20. The molecule has 0 heterocycles. The van der Waals surface area contributed by atoms with E-state index in [4.69, 9.17) is 0 Å². The zero-order valence-electron chi connectivity index (χ0n) is 9.87. The van der Waals surface area contributed by atoms with Crippen molar-refractivity contribution < 1.29 is 5.11 Å². The van der Waals surface area contributed by atoms with Crippen LogP contribution in [0.5, 0.6) is 0 Å². The van der Waals surface area contributed by atoms with Gasteiger partial charge in [-0.05, 0) is 37.3 Å². The molecule has 1 aliphatic rings. The maximum atomic E-state index is 9.80. The zero-order chi connectivity index (χ0) is 10.9. The van der Waals surface area contributed by atoms with Crippen molar-refractivity contribution in [1.29, 1.82) is 0 Å². The molecule has 0 aromatic heterocycles. The molecule has 1 unspecified atom stereocenters. The molecule has 0 bridgehead atoms. The van der Waals surface area contributed by atoms with Gasteiger partial charge in [0.25, 0.3) is 0 Å². The van der Waals surface area contributed by atoms with Crippen LogP contribution in [0.25, 0.3) is 0 Å². The number of rotatable bonds is 8. The van der Waals surface area contributed by atoms with Crippen molar-refractivity contribution in [3.05, 3.63) is 0 Å². The van der Waals surface area contributed by atoms with Crippen LogP contribution in [0.3, 0.4) is 0 Å². The minimum atomic E-state index is -0.123. The zero-order valence-corrected chi connectivity index (χ0v) is 10.7. The molecule has 0 spiro atoms. The Balaban J connectivity index is 1.91. The molecular formula is C12H25NOS. The van der Waals surface area contributed by atoms with E-state index in [0.29, 0.717) is 0 Å². The van der Waals surface area contributed by atoms with Crippen molar-refractivity contribution in [1.82, 2.24) is 5.32 Å². The standard InChI is InChI=1S/C12H25NOS/c1-15-8-4-7-13-10-12(14)9-11-5-2-3-6-11/h11-14H,2-10H2,1H3. The van der Waals surface area contributed by atoms with Crippen LogP contribution in [0.15, 0.2) is 0 Å². The van der Waals surface area contributed by atoms with Gasteiger partial charge in [-0.15, -0.1) is 0 Å². The predicted octanol–water partition coefficient (Wildman–Crippen LogP) is 2.27. The van der Waals surface area contributed by atoms with Gasteiger partial charge in [0.05, 0.1) is 6.10 Å². The second kappa shape index (κ2) is 8.43. The average Bonchev–Trinajstić information content (AvgIpc) is 2.70. The summed E-state index contributed by atoms with van der Waals surface area (Å²) in [6.45, 7) is 1.83. The Morgan fingerprint density at radius 2 is 2.13 bits per heavy atom. The lowest BCUT2D eigenvalue weighted by Crippen LogP contribution is -2.29. The highest BCUT2D eigenvalue weighted by molar-refractivity contribution is 7.98. The van der Waals surface area contributed by atoms with Gasteiger partial charge < -0.3 is 10.4 Å². The molecule has 0 amide bonds. The molecule has 15 heavy (non-hydrogen) atoms. The lowest BCUT2D eigenvalue weighted by molar-refractivity contribution is 0.141. The van der Waals surface area contributed by atoms with E-state index in [0.717, 1.165) is 25.4 Å². The minimum Gasteiger partial charge on any atom is -0.392 e. The number of hydrogen-bond donors (Lipinski definition) is 2. The minimum absolute atomic E-state index is 0.123. The number of aliphatic hydroxyl groups excluding tert-OH is 1. The van der Waals surface area contributed by atoms with E-state index in [1.807, 2.05) is 11.8 Å². The third-order valence-electron chi connectivity index (χ3n) is 3.16. The Morgan fingerprint density at radius 1 is 1.40 bits per heavy atom.